The summed E-state index contributed by atoms with van der Waals surface area (Å²) in [7, 11) is 0. The van der Waals surface area contributed by atoms with E-state index in [-0.39, 0.29) is 25.3 Å². The largest absolute Gasteiger partial charge is 0.428 e. The molecule has 1 fully saturated rings. The molecular weight excluding hydrogens is 399 g/mol. The van der Waals surface area contributed by atoms with E-state index in [2.05, 4.69) is 22.2 Å². The van der Waals surface area contributed by atoms with Crippen molar-refractivity contribution < 1.29 is 15.3 Å². The summed E-state index contributed by atoms with van der Waals surface area (Å²) in [6.45, 7) is 7.37. The van der Waals surface area contributed by atoms with Gasteiger partial charge in [-0.25, -0.2) is 19.2 Å². The predicted molar refractivity (Wildman–Crippen MR) is 119 cm³/mol. The van der Waals surface area contributed by atoms with Crippen LogP contribution in [-0.4, -0.2) is 44.8 Å². The highest BCUT2D eigenvalue weighted by Gasteiger charge is 2.38. The molecule has 1 aliphatic rings. The number of anilines is 1. The van der Waals surface area contributed by atoms with E-state index < -0.39 is 11.9 Å². The number of rotatable bonds is 3. The number of carbonyl (C=O) groups excluding carboxylic acids is 1. The number of amides is 2. The predicted octanol–water partition coefficient (Wildman–Crippen LogP) is 4.85. The maximum atomic E-state index is 13.2. The van der Waals surface area contributed by atoms with E-state index in [1.165, 1.54) is 6.92 Å². The number of nitrogens with zero attached hydrogens (tertiary/aromatic N) is 3. The van der Waals surface area contributed by atoms with Crippen LogP contribution >= 0.6 is 0 Å². The maximum absolute atomic E-state index is 13.2. The van der Waals surface area contributed by atoms with Gasteiger partial charge in [-0.15, -0.1) is 0 Å². The molecule has 1 aromatic heterocycles. The molecule has 3 N–H and O–H groups in total. The summed E-state index contributed by atoms with van der Waals surface area (Å²) in [6, 6.07) is 4.35. The van der Waals surface area contributed by atoms with Crippen molar-refractivity contribution >= 4 is 23.5 Å². The maximum Gasteiger partial charge on any atom is 0.322 e. The number of hydrogen-bond acceptors (Lipinski definition) is 6. The summed E-state index contributed by atoms with van der Waals surface area (Å²) in [5.41, 5.74) is 2.11. The highest BCUT2D eigenvalue weighted by Crippen LogP contribution is 2.30. The Kier molecular flexibility index (Phi) is 6.62. The third kappa shape index (κ3) is 5.22. The lowest BCUT2D eigenvalue weighted by Gasteiger charge is -2.42. The molecule has 31 heavy (non-hydrogen) atoms. The number of aryl methyl sites for hydroxylation is 1. The number of urea groups is 1. The van der Waals surface area contributed by atoms with Crippen LogP contribution in [-0.2, 0) is 4.74 Å². The van der Waals surface area contributed by atoms with Crippen molar-refractivity contribution in [3.05, 3.63) is 42.0 Å². The molecule has 1 aromatic carbocycles. The smallest absolute Gasteiger partial charge is 0.322 e. The van der Waals surface area contributed by atoms with Gasteiger partial charge in [-0.3, -0.25) is 10.8 Å². The van der Waals surface area contributed by atoms with E-state index in [9.17, 15) is 9.18 Å². The van der Waals surface area contributed by atoms with Gasteiger partial charge in [-0.1, -0.05) is 13.0 Å². The summed E-state index contributed by atoms with van der Waals surface area (Å²) in [5.74, 6) is -0.0237. The van der Waals surface area contributed by atoms with Crippen molar-refractivity contribution in [2.75, 3.05) is 5.32 Å². The first-order valence-corrected chi connectivity index (χ1v) is 10.1. The highest BCUT2D eigenvalue weighted by atomic mass is 19.1. The van der Waals surface area contributed by atoms with Crippen LogP contribution in [0.15, 0.2) is 30.6 Å². The molecule has 0 spiro atoms. The second kappa shape index (κ2) is 9.20. The van der Waals surface area contributed by atoms with E-state index in [4.69, 9.17) is 15.6 Å². The number of aromatic nitrogens is 2. The van der Waals surface area contributed by atoms with Gasteiger partial charge in [0.25, 0.3) is 0 Å². The summed E-state index contributed by atoms with van der Waals surface area (Å²) in [6.07, 6.45) is 3.60. The zero-order valence-electron chi connectivity index (χ0n) is 18.1. The van der Waals surface area contributed by atoms with Crippen LogP contribution in [0.2, 0.25) is 0 Å². The van der Waals surface area contributed by atoms with E-state index in [1.807, 2.05) is 19.9 Å². The Hall–Kier alpha value is -3.36. The minimum atomic E-state index is -0.551. The van der Waals surface area contributed by atoms with E-state index in [1.54, 1.807) is 17.0 Å². The lowest BCUT2D eigenvalue weighted by atomic mass is 9.88. The molecule has 3 rings (SSSR count). The van der Waals surface area contributed by atoms with Gasteiger partial charge in [0.15, 0.2) is 17.5 Å². The van der Waals surface area contributed by atoms with Crippen LogP contribution < -0.4 is 5.32 Å². The van der Waals surface area contributed by atoms with Crippen LogP contribution in [0.5, 0.6) is 0 Å². The number of nitrogens with one attached hydrogen (secondary N) is 3. The first kappa shape index (κ1) is 22.3. The Bertz CT molecular complexity index is 1000. The molecule has 2 aromatic rings. The van der Waals surface area contributed by atoms with Crippen molar-refractivity contribution in [2.45, 2.75) is 52.6 Å². The molecule has 9 heteroatoms. The quantitative estimate of drug-likeness (QED) is 0.479. The number of likely N-dealkylation sites (tertiary alicyclic amines) is 1. The lowest BCUT2D eigenvalue weighted by molar-refractivity contribution is 0.121. The van der Waals surface area contributed by atoms with Gasteiger partial charge in [-0.05, 0) is 50.3 Å². The molecule has 1 unspecified atom stereocenters. The second-order valence-corrected chi connectivity index (χ2v) is 8.06. The van der Waals surface area contributed by atoms with E-state index in [0.717, 1.165) is 24.4 Å². The number of carbonyl (C=O) groups is 1. The Morgan fingerprint density at radius 3 is 2.58 bits per heavy atom. The van der Waals surface area contributed by atoms with Gasteiger partial charge in [-0.2, -0.15) is 0 Å². The van der Waals surface area contributed by atoms with Gasteiger partial charge in [0.05, 0.1) is 12.4 Å². The molecule has 3 atom stereocenters. The molecule has 166 valence electrons. The van der Waals surface area contributed by atoms with Crippen LogP contribution in [0.25, 0.3) is 11.4 Å². The highest BCUT2D eigenvalue weighted by molar-refractivity contribution is 5.96. The first-order chi connectivity index (χ1) is 14.7. The molecule has 0 bridgehead atoms. The molecule has 0 aliphatic carbocycles. The molecule has 2 heterocycles. The number of ether oxygens (including phenoxy) is 1. The standard InChI is InChI=1S/C22H27FN6O2.H2/c1-12-7-14(3)29(19(8-12)20(25)31-15(4)24)22(30)28-17-6-5-13(2)18(9-17)21-26-10-16(23)11-27-21;/h5-6,9-12,14,19,24-25H,7-8H2,1-4H3,(H,28,30);1H/t12-,14+,19?;/m0./s1. The summed E-state index contributed by atoms with van der Waals surface area (Å²) < 4.78 is 18.4. The molecule has 1 aliphatic heterocycles. The fourth-order valence-corrected chi connectivity index (χ4v) is 3.98. The minimum Gasteiger partial charge on any atom is -0.428 e. The minimum absolute atomic E-state index is 0. The van der Waals surface area contributed by atoms with Crippen LogP contribution in [0.3, 0.4) is 0 Å². The summed E-state index contributed by atoms with van der Waals surface area (Å²) in [5, 5.41) is 18.7. The summed E-state index contributed by atoms with van der Waals surface area (Å²) in [4.78, 5) is 22.9. The fraction of sp³-hybridized carbons (Fsp3) is 0.409. The van der Waals surface area contributed by atoms with Gasteiger partial charge in [0.2, 0.25) is 5.90 Å². The first-order valence-electron chi connectivity index (χ1n) is 10.1. The average molecular weight is 429 g/mol. The van der Waals surface area contributed by atoms with E-state index in [0.29, 0.717) is 29.4 Å². The molecule has 1 saturated heterocycles. The normalized spacial score (nSPS) is 20.8. The second-order valence-electron chi connectivity index (χ2n) is 8.06. The fourth-order valence-electron chi connectivity index (χ4n) is 3.98. The zero-order chi connectivity index (χ0) is 22.7. The SMILES string of the molecule is CC(=N)OC(=N)C1C[C@@H](C)C[C@@H](C)N1C(=O)Nc1ccc(C)c(-c2ncc(F)cn2)c1.[HH]. The van der Waals surface area contributed by atoms with Gasteiger partial charge < -0.3 is 15.0 Å². The summed E-state index contributed by atoms with van der Waals surface area (Å²) >= 11 is 0. The topological polar surface area (TPSA) is 115 Å². The van der Waals surface area contributed by atoms with Crippen LogP contribution in [0, 0.1) is 29.5 Å². The van der Waals surface area contributed by atoms with Crippen molar-refractivity contribution in [3.8, 4) is 11.4 Å². The van der Waals surface area contributed by atoms with Crippen molar-refractivity contribution in [2.24, 2.45) is 5.92 Å². The molecule has 2 amide bonds. The van der Waals surface area contributed by atoms with Gasteiger partial charge in [0, 0.05) is 25.6 Å². The van der Waals surface area contributed by atoms with Crippen molar-refractivity contribution in [1.82, 2.24) is 14.9 Å². The third-order valence-electron chi connectivity index (χ3n) is 5.33. The number of piperidine rings is 1. The molecular formula is C22H29FN6O2. The van der Waals surface area contributed by atoms with Gasteiger partial charge >= 0.3 is 6.03 Å². The van der Waals surface area contributed by atoms with Crippen molar-refractivity contribution in [3.63, 3.8) is 0 Å². The van der Waals surface area contributed by atoms with Crippen molar-refractivity contribution in [1.29, 1.82) is 10.8 Å². The molecule has 0 radical (unpaired) electrons. The van der Waals surface area contributed by atoms with Gasteiger partial charge in [0.1, 0.15) is 6.04 Å². The van der Waals surface area contributed by atoms with Crippen LogP contribution in [0.4, 0.5) is 14.9 Å². The molecule has 0 saturated carbocycles. The van der Waals surface area contributed by atoms with E-state index >= 15 is 0 Å². The average Bonchev–Trinajstić information content (AvgIpc) is 2.69. The Balaban J connectivity index is 0.00000363. The Labute approximate surface area is 182 Å². The molecule has 8 nitrogen and oxygen atoms in total. The Morgan fingerprint density at radius 1 is 1.26 bits per heavy atom. The number of benzene rings is 1. The monoisotopic (exact) mass is 428 g/mol. The van der Waals surface area contributed by atoms with Crippen LogP contribution in [0.1, 0.15) is 40.6 Å². The zero-order valence-corrected chi connectivity index (χ0v) is 18.1. The number of hydrogen-bond donors (Lipinski definition) is 3. The third-order valence-corrected chi connectivity index (χ3v) is 5.33. The Morgan fingerprint density at radius 2 is 1.94 bits per heavy atom. The number of halogens is 1. The lowest BCUT2D eigenvalue weighted by Crippen LogP contribution is -2.55.